The molecule has 0 bridgehead atoms. The van der Waals surface area contributed by atoms with E-state index >= 15 is 0 Å². The highest BCUT2D eigenvalue weighted by Crippen LogP contribution is 2.37. The van der Waals surface area contributed by atoms with Crippen molar-refractivity contribution < 1.29 is 5.11 Å². The van der Waals surface area contributed by atoms with Crippen LogP contribution in [0.25, 0.3) is 0 Å². The highest BCUT2D eigenvalue weighted by atomic mass is 35.5. The smallest absolute Gasteiger partial charge is 0.0793 e. The van der Waals surface area contributed by atoms with Crippen LogP contribution >= 0.6 is 11.6 Å². The lowest BCUT2D eigenvalue weighted by molar-refractivity contribution is 0.160. The van der Waals surface area contributed by atoms with Crippen molar-refractivity contribution in [3.63, 3.8) is 0 Å². The van der Waals surface area contributed by atoms with Gasteiger partial charge >= 0.3 is 0 Å². The minimum absolute atomic E-state index is 0.328. The summed E-state index contributed by atoms with van der Waals surface area (Å²) in [6, 6.07) is 7.48. The number of halogens is 1. The van der Waals surface area contributed by atoms with Crippen molar-refractivity contribution in [1.82, 2.24) is 0 Å². The Morgan fingerprint density at radius 1 is 1.46 bits per heavy atom. The van der Waals surface area contributed by atoms with Gasteiger partial charge in [-0.05, 0) is 30.0 Å². The van der Waals surface area contributed by atoms with Gasteiger partial charge in [-0.3, -0.25) is 0 Å². The molecule has 1 saturated carbocycles. The molecule has 0 aromatic heterocycles. The summed E-state index contributed by atoms with van der Waals surface area (Å²) in [6.45, 7) is 0. The molecule has 1 aromatic carbocycles. The summed E-state index contributed by atoms with van der Waals surface area (Å²) in [5.74, 6) is 0.744. The summed E-state index contributed by atoms with van der Waals surface area (Å²) in [4.78, 5) is 0. The number of hydrogen-bond acceptors (Lipinski definition) is 1. The van der Waals surface area contributed by atoms with E-state index in [2.05, 4.69) is 0 Å². The lowest BCUT2D eigenvalue weighted by Gasteiger charge is -2.09. The Hall–Kier alpha value is -0.530. The summed E-state index contributed by atoms with van der Waals surface area (Å²) in [5.41, 5.74) is 0.944. The number of benzene rings is 1. The zero-order valence-electron chi connectivity index (χ0n) is 7.41. The Labute approximate surface area is 83.3 Å². The van der Waals surface area contributed by atoms with Crippen LogP contribution < -0.4 is 0 Å². The fourth-order valence-electron chi connectivity index (χ4n) is 1.52. The summed E-state index contributed by atoms with van der Waals surface area (Å²) < 4.78 is 0. The second kappa shape index (κ2) is 3.69. The first-order valence-corrected chi connectivity index (χ1v) is 5.07. The number of rotatable bonds is 3. The molecule has 1 aromatic rings. The molecule has 0 heterocycles. The number of aliphatic hydroxyl groups excluding tert-OH is 1. The Kier molecular flexibility index (Phi) is 2.56. The van der Waals surface area contributed by atoms with E-state index in [0.717, 1.165) is 17.9 Å². The van der Waals surface area contributed by atoms with Gasteiger partial charge in [0.2, 0.25) is 0 Å². The highest BCUT2D eigenvalue weighted by Gasteiger charge is 2.25. The summed E-state index contributed by atoms with van der Waals surface area (Å²) in [7, 11) is 0. The average Bonchev–Trinajstić information content (AvgIpc) is 2.88. The largest absolute Gasteiger partial charge is 0.388 e. The fraction of sp³-hybridized carbons (Fsp3) is 0.455. The van der Waals surface area contributed by atoms with Gasteiger partial charge in [0.05, 0.1) is 6.10 Å². The molecule has 0 saturated heterocycles. The van der Waals surface area contributed by atoms with E-state index in [9.17, 15) is 5.11 Å². The minimum atomic E-state index is -0.328. The lowest BCUT2D eigenvalue weighted by atomic mass is 10.0. The minimum Gasteiger partial charge on any atom is -0.388 e. The Morgan fingerprint density at radius 3 is 2.85 bits per heavy atom. The molecule has 1 fully saturated rings. The first-order chi connectivity index (χ1) is 6.25. The molecule has 1 atom stereocenters. The Balaban J connectivity index is 2.04. The first kappa shape index (κ1) is 9.04. The van der Waals surface area contributed by atoms with Gasteiger partial charge in [-0.15, -0.1) is 0 Å². The van der Waals surface area contributed by atoms with Crippen LogP contribution in [0.5, 0.6) is 0 Å². The molecule has 1 nitrogen and oxygen atoms in total. The van der Waals surface area contributed by atoms with Gasteiger partial charge in [-0.2, -0.15) is 0 Å². The van der Waals surface area contributed by atoms with Crippen LogP contribution in [-0.2, 0) is 0 Å². The van der Waals surface area contributed by atoms with Gasteiger partial charge in [0.1, 0.15) is 0 Å². The van der Waals surface area contributed by atoms with Crippen molar-refractivity contribution in [2.45, 2.75) is 25.4 Å². The summed E-state index contributed by atoms with van der Waals surface area (Å²) in [5, 5.41) is 10.5. The number of hydrogen-bond donors (Lipinski definition) is 1. The van der Waals surface area contributed by atoms with Crippen LogP contribution in [0.2, 0.25) is 5.02 Å². The van der Waals surface area contributed by atoms with Crippen molar-refractivity contribution >= 4 is 11.6 Å². The van der Waals surface area contributed by atoms with Gasteiger partial charge in [-0.25, -0.2) is 0 Å². The molecule has 1 aliphatic carbocycles. The molecular formula is C11H13ClO. The van der Waals surface area contributed by atoms with Crippen LogP contribution in [-0.4, -0.2) is 5.11 Å². The SMILES string of the molecule is OC(CC1CC1)c1cccc(Cl)c1. The maximum atomic E-state index is 9.80. The third kappa shape index (κ3) is 2.45. The van der Waals surface area contributed by atoms with E-state index in [1.165, 1.54) is 12.8 Å². The maximum absolute atomic E-state index is 9.80. The molecular weight excluding hydrogens is 184 g/mol. The van der Waals surface area contributed by atoms with Gasteiger partial charge in [-0.1, -0.05) is 36.6 Å². The van der Waals surface area contributed by atoms with Crippen molar-refractivity contribution in [3.8, 4) is 0 Å². The molecule has 0 aliphatic heterocycles. The van der Waals surface area contributed by atoms with E-state index < -0.39 is 0 Å². The summed E-state index contributed by atoms with van der Waals surface area (Å²) >= 11 is 5.83. The fourth-order valence-corrected chi connectivity index (χ4v) is 1.72. The highest BCUT2D eigenvalue weighted by molar-refractivity contribution is 6.30. The predicted molar refractivity (Wildman–Crippen MR) is 53.8 cm³/mol. The van der Waals surface area contributed by atoms with Crippen molar-refractivity contribution in [2.75, 3.05) is 0 Å². The van der Waals surface area contributed by atoms with Crippen LogP contribution in [0.15, 0.2) is 24.3 Å². The third-order valence-electron chi connectivity index (χ3n) is 2.49. The maximum Gasteiger partial charge on any atom is 0.0793 e. The Morgan fingerprint density at radius 2 is 2.23 bits per heavy atom. The molecule has 2 heteroatoms. The van der Waals surface area contributed by atoms with Gasteiger partial charge < -0.3 is 5.11 Å². The molecule has 70 valence electrons. The number of aliphatic hydroxyl groups is 1. The van der Waals surface area contributed by atoms with E-state index in [0.29, 0.717) is 5.02 Å². The quantitative estimate of drug-likeness (QED) is 0.788. The van der Waals surface area contributed by atoms with Crippen LogP contribution in [0.4, 0.5) is 0 Å². The molecule has 1 aliphatic rings. The Bertz CT molecular complexity index is 294. The van der Waals surface area contributed by atoms with E-state index in [1.807, 2.05) is 24.3 Å². The molecule has 1 N–H and O–H groups in total. The van der Waals surface area contributed by atoms with E-state index in [-0.39, 0.29) is 6.10 Å². The van der Waals surface area contributed by atoms with Crippen LogP contribution in [0.1, 0.15) is 30.9 Å². The monoisotopic (exact) mass is 196 g/mol. The zero-order chi connectivity index (χ0) is 9.26. The first-order valence-electron chi connectivity index (χ1n) is 4.69. The average molecular weight is 197 g/mol. The van der Waals surface area contributed by atoms with Crippen molar-refractivity contribution in [2.24, 2.45) is 5.92 Å². The molecule has 0 amide bonds. The molecule has 0 radical (unpaired) electrons. The second-order valence-corrected chi connectivity index (χ2v) is 4.19. The molecule has 2 rings (SSSR count). The van der Waals surface area contributed by atoms with E-state index in [4.69, 9.17) is 11.6 Å². The third-order valence-corrected chi connectivity index (χ3v) is 2.72. The summed E-state index contributed by atoms with van der Waals surface area (Å²) in [6.07, 6.45) is 3.11. The van der Waals surface area contributed by atoms with Crippen LogP contribution in [0.3, 0.4) is 0 Å². The lowest BCUT2D eigenvalue weighted by Crippen LogP contribution is -1.97. The normalized spacial score (nSPS) is 18.6. The van der Waals surface area contributed by atoms with Gasteiger partial charge in [0.25, 0.3) is 0 Å². The predicted octanol–water partition coefficient (Wildman–Crippen LogP) is 3.17. The van der Waals surface area contributed by atoms with Gasteiger partial charge in [0.15, 0.2) is 0 Å². The zero-order valence-corrected chi connectivity index (χ0v) is 8.17. The van der Waals surface area contributed by atoms with Crippen molar-refractivity contribution in [3.05, 3.63) is 34.9 Å². The van der Waals surface area contributed by atoms with Crippen LogP contribution in [0, 0.1) is 5.92 Å². The molecule has 13 heavy (non-hydrogen) atoms. The second-order valence-electron chi connectivity index (χ2n) is 3.75. The molecule has 0 spiro atoms. The van der Waals surface area contributed by atoms with Gasteiger partial charge in [0, 0.05) is 5.02 Å². The topological polar surface area (TPSA) is 20.2 Å². The van der Waals surface area contributed by atoms with E-state index in [1.54, 1.807) is 0 Å². The van der Waals surface area contributed by atoms with Crippen molar-refractivity contribution in [1.29, 1.82) is 0 Å². The standard InChI is InChI=1S/C11H13ClO/c12-10-3-1-2-9(7-10)11(13)6-8-4-5-8/h1-3,7-8,11,13H,4-6H2. The molecule has 1 unspecified atom stereocenters.